The van der Waals surface area contributed by atoms with E-state index < -0.39 is 23.7 Å². The zero-order valence-corrected chi connectivity index (χ0v) is 12.3. The Hall–Kier alpha value is -2.97. The molecule has 0 atom stereocenters. The van der Waals surface area contributed by atoms with Gasteiger partial charge in [-0.2, -0.15) is 26.9 Å². The van der Waals surface area contributed by atoms with E-state index in [1.165, 1.54) is 24.3 Å². The first kappa shape index (κ1) is 16.9. The van der Waals surface area contributed by atoms with Gasteiger partial charge in [-0.15, -0.1) is 0 Å². The standard InChI is InChI=1S/C16H9F5N2O2/c17-15(18,19)11-8-6-10(7-9-11)13-22-14(25-23-13)16(20,21)24-12-4-2-1-3-5-12/h1-9H. The summed E-state index contributed by atoms with van der Waals surface area (Å²) in [5.74, 6) is -1.49. The van der Waals surface area contributed by atoms with Gasteiger partial charge in [0.15, 0.2) is 0 Å². The predicted octanol–water partition coefficient (Wildman–Crippen LogP) is 4.88. The Morgan fingerprint density at radius 1 is 0.840 bits per heavy atom. The molecule has 1 aromatic heterocycles. The van der Waals surface area contributed by atoms with Gasteiger partial charge >= 0.3 is 18.2 Å². The Morgan fingerprint density at radius 3 is 2.08 bits per heavy atom. The summed E-state index contributed by atoms with van der Waals surface area (Å²) >= 11 is 0. The van der Waals surface area contributed by atoms with Crippen molar-refractivity contribution in [3.8, 4) is 17.1 Å². The van der Waals surface area contributed by atoms with E-state index in [4.69, 9.17) is 0 Å². The molecular weight excluding hydrogens is 347 g/mol. The molecule has 0 N–H and O–H groups in total. The highest BCUT2D eigenvalue weighted by molar-refractivity contribution is 5.54. The van der Waals surface area contributed by atoms with Gasteiger partial charge in [-0.3, -0.25) is 0 Å². The zero-order chi connectivity index (χ0) is 18.1. The minimum atomic E-state index is -4.50. The summed E-state index contributed by atoms with van der Waals surface area (Å²) in [7, 11) is 0. The van der Waals surface area contributed by atoms with Gasteiger partial charge in [-0.1, -0.05) is 35.5 Å². The average Bonchev–Trinajstić information content (AvgIpc) is 3.06. The van der Waals surface area contributed by atoms with Crippen LogP contribution in [-0.4, -0.2) is 10.1 Å². The van der Waals surface area contributed by atoms with Gasteiger partial charge in [0, 0.05) is 5.56 Å². The fourth-order valence-electron chi connectivity index (χ4n) is 1.95. The van der Waals surface area contributed by atoms with Gasteiger partial charge < -0.3 is 9.26 Å². The zero-order valence-electron chi connectivity index (χ0n) is 12.3. The van der Waals surface area contributed by atoms with Crippen LogP contribution >= 0.6 is 0 Å². The maximum Gasteiger partial charge on any atom is 0.482 e. The number of nitrogens with zero attached hydrogens (tertiary/aromatic N) is 2. The van der Waals surface area contributed by atoms with Crippen molar-refractivity contribution in [2.24, 2.45) is 0 Å². The second-order valence-electron chi connectivity index (χ2n) is 4.93. The van der Waals surface area contributed by atoms with Crippen molar-refractivity contribution in [1.82, 2.24) is 10.1 Å². The first-order chi connectivity index (χ1) is 11.8. The van der Waals surface area contributed by atoms with Crippen LogP contribution in [0.25, 0.3) is 11.4 Å². The van der Waals surface area contributed by atoms with Gasteiger partial charge in [0.1, 0.15) is 5.75 Å². The molecule has 0 aliphatic carbocycles. The number of para-hydroxylation sites is 1. The summed E-state index contributed by atoms with van der Waals surface area (Å²) in [5.41, 5.74) is -0.781. The highest BCUT2D eigenvalue weighted by Crippen LogP contribution is 2.33. The lowest BCUT2D eigenvalue weighted by Gasteiger charge is -2.13. The lowest BCUT2D eigenvalue weighted by atomic mass is 10.1. The van der Waals surface area contributed by atoms with E-state index in [0.717, 1.165) is 24.3 Å². The third-order valence-corrected chi connectivity index (χ3v) is 3.13. The molecule has 0 radical (unpaired) electrons. The summed E-state index contributed by atoms with van der Waals surface area (Å²) in [4.78, 5) is 3.51. The maximum absolute atomic E-state index is 14.0. The lowest BCUT2D eigenvalue weighted by molar-refractivity contribution is -0.204. The topological polar surface area (TPSA) is 48.2 Å². The molecule has 0 unspecified atom stereocenters. The van der Waals surface area contributed by atoms with E-state index in [0.29, 0.717) is 0 Å². The third kappa shape index (κ3) is 3.76. The Bertz CT molecular complexity index is 845. The molecule has 25 heavy (non-hydrogen) atoms. The number of alkyl halides is 5. The van der Waals surface area contributed by atoms with Crippen LogP contribution in [0, 0.1) is 0 Å². The number of aromatic nitrogens is 2. The van der Waals surface area contributed by atoms with E-state index in [9.17, 15) is 22.0 Å². The molecule has 0 spiro atoms. The van der Waals surface area contributed by atoms with E-state index in [1.807, 2.05) is 0 Å². The molecule has 1 heterocycles. The van der Waals surface area contributed by atoms with Crippen molar-refractivity contribution < 1.29 is 31.2 Å². The Morgan fingerprint density at radius 2 is 1.48 bits per heavy atom. The fourth-order valence-corrected chi connectivity index (χ4v) is 1.95. The molecule has 2 aromatic carbocycles. The molecule has 3 aromatic rings. The Kier molecular flexibility index (Phi) is 4.15. The highest BCUT2D eigenvalue weighted by atomic mass is 19.4. The number of ether oxygens (including phenoxy) is 1. The summed E-state index contributed by atoms with van der Waals surface area (Å²) in [6, 6.07) is 11.0. The molecule has 0 saturated heterocycles. The summed E-state index contributed by atoms with van der Waals surface area (Å²) < 4.78 is 74.6. The van der Waals surface area contributed by atoms with Crippen LogP contribution in [0.1, 0.15) is 11.5 Å². The molecule has 0 aliphatic rings. The van der Waals surface area contributed by atoms with E-state index in [1.54, 1.807) is 6.07 Å². The van der Waals surface area contributed by atoms with Crippen molar-refractivity contribution in [3.05, 3.63) is 66.1 Å². The van der Waals surface area contributed by atoms with Gasteiger partial charge in [0.2, 0.25) is 5.82 Å². The molecule has 4 nitrogen and oxygen atoms in total. The smallest absolute Gasteiger partial charge is 0.425 e. The van der Waals surface area contributed by atoms with Gasteiger partial charge in [0.05, 0.1) is 5.56 Å². The van der Waals surface area contributed by atoms with Crippen molar-refractivity contribution in [2.45, 2.75) is 12.3 Å². The predicted molar refractivity (Wildman–Crippen MR) is 75.7 cm³/mol. The summed E-state index contributed by atoms with van der Waals surface area (Å²) in [6.07, 6.45) is -8.39. The highest BCUT2D eigenvalue weighted by Gasteiger charge is 2.42. The van der Waals surface area contributed by atoms with Crippen molar-refractivity contribution in [1.29, 1.82) is 0 Å². The summed E-state index contributed by atoms with van der Waals surface area (Å²) in [6.45, 7) is 0. The molecule has 9 heteroatoms. The fraction of sp³-hybridized carbons (Fsp3) is 0.125. The van der Waals surface area contributed by atoms with Crippen LogP contribution in [0.5, 0.6) is 5.75 Å². The quantitative estimate of drug-likeness (QED) is 0.625. The maximum atomic E-state index is 14.0. The number of hydrogen-bond donors (Lipinski definition) is 0. The normalized spacial score (nSPS) is 12.2. The molecule has 0 saturated carbocycles. The second kappa shape index (κ2) is 6.15. The van der Waals surface area contributed by atoms with Crippen molar-refractivity contribution in [3.63, 3.8) is 0 Å². The number of benzene rings is 2. The Labute approximate surface area is 137 Å². The number of halogens is 5. The molecule has 0 fully saturated rings. The average molecular weight is 356 g/mol. The van der Waals surface area contributed by atoms with Crippen molar-refractivity contribution >= 4 is 0 Å². The summed E-state index contributed by atoms with van der Waals surface area (Å²) in [5, 5.41) is 3.36. The van der Waals surface area contributed by atoms with E-state index in [-0.39, 0.29) is 17.1 Å². The van der Waals surface area contributed by atoms with Gasteiger partial charge in [0.25, 0.3) is 0 Å². The first-order valence-electron chi connectivity index (χ1n) is 6.89. The molecule has 0 aliphatic heterocycles. The van der Waals surface area contributed by atoms with Crippen LogP contribution in [0.4, 0.5) is 22.0 Å². The largest absolute Gasteiger partial charge is 0.482 e. The first-order valence-corrected chi connectivity index (χ1v) is 6.89. The van der Waals surface area contributed by atoms with Crippen LogP contribution in [0.15, 0.2) is 59.1 Å². The minimum absolute atomic E-state index is 0.0958. The Balaban J connectivity index is 1.82. The van der Waals surface area contributed by atoms with Gasteiger partial charge in [-0.25, -0.2) is 0 Å². The lowest BCUT2D eigenvalue weighted by Crippen LogP contribution is -2.22. The molecule has 130 valence electrons. The third-order valence-electron chi connectivity index (χ3n) is 3.13. The van der Waals surface area contributed by atoms with Crippen LogP contribution in [0.2, 0.25) is 0 Å². The number of rotatable bonds is 4. The molecule has 0 bridgehead atoms. The van der Waals surface area contributed by atoms with E-state index >= 15 is 0 Å². The second-order valence-corrected chi connectivity index (χ2v) is 4.93. The molecular formula is C16H9F5N2O2. The minimum Gasteiger partial charge on any atom is -0.425 e. The molecule has 3 rings (SSSR count). The van der Waals surface area contributed by atoms with Gasteiger partial charge in [-0.05, 0) is 24.3 Å². The van der Waals surface area contributed by atoms with Crippen LogP contribution in [0.3, 0.4) is 0 Å². The van der Waals surface area contributed by atoms with Crippen LogP contribution in [-0.2, 0) is 12.3 Å². The number of hydrogen-bond acceptors (Lipinski definition) is 4. The molecule has 0 amide bonds. The van der Waals surface area contributed by atoms with E-state index in [2.05, 4.69) is 19.4 Å². The van der Waals surface area contributed by atoms with Crippen molar-refractivity contribution in [2.75, 3.05) is 0 Å². The monoisotopic (exact) mass is 356 g/mol. The van der Waals surface area contributed by atoms with Crippen LogP contribution < -0.4 is 4.74 Å². The SMILES string of the molecule is FC(F)(F)c1ccc(-c2noc(C(F)(F)Oc3ccccc3)n2)cc1.